The first kappa shape index (κ1) is 14.6. The van der Waals surface area contributed by atoms with E-state index in [0.29, 0.717) is 29.2 Å². The van der Waals surface area contributed by atoms with Crippen LogP contribution in [0, 0.1) is 23.6 Å². The lowest BCUT2D eigenvalue weighted by molar-refractivity contribution is 0.246. The molecule has 132 valence electrons. The number of nitrogens with one attached hydrogen (secondary N) is 2. The highest BCUT2D eigenvalue weighted by atomic mass is 19.1. The lowest BCUT2D eigenvalue weighted by Gasteiger charge is -2.43. The Balaban J connectivity index is 1.56. The quantitative estimate of drug-likeness (QED) is 0.596. The third kappa shape index (κ3) is 1.81. The number of rotatable bonds is 1. The molecule has 2 fully saturated rings. The largest absolute Gasteiger partial charge is 0.508 e. The molecule has 5 heteroatoms. The van der Waals surface area contributed by atoms with Crippen molar-refractivity contribution in [3.8, 4) is 5.75 Å². The number of halogens is 1. The summed E-state index contributed by atoms with van der Waals surface area (Å²) >= 11 is 0. The molecule has 5 atom stereocenters. The first-order chi connectivity index (χ1) is 12.7. The van der Waals surface area contributed by atoms with Crippen LogP contribution in [-0.2, 0) is 0 Å². The van der Waals surface area contributed by atoms with Gasteiger partial charge in [0.2, 0.25) is 0 Å². The Bertz CT molecular complexity index is 1030. The van der Waals surface area contributed by atoms with Gasteiger partial charge in [0.05, 0.1) is 17.8 Å². The first-order valence-electron chi connectivity index (χ1n) is 9.41. The SMILES string of the molecule is Oc1ccc([C@@H]2Nc3ccc4[nH]ncc4c3[C@H]3C4CCC(C4)[C@@H]23)c(F)c1. The standard InChI is InChI=1S/C21H20FN3O/c22-15-8-12(26)3-4-13(15)21-19-11-2-1-10(7-11)18(19)20-14-9-23-25-16(14)5-6-17(20)24-21/h3-6,8-11,18-19,21,24,26H,1-2,7H2,(H,23,25)/t10?,11?,18-,19+,21-/m0/s1. The summed E-state index contributed by atoms with van der Waals surface area (Å²) in [6.07, 6.45) is 5.67. The number of aromatic amines is 1. The fourth-order valence-electron chi connectivity index (χ4n) is 6.09. The topological polar surface area (TPSA) is 60.9 Å². The fourth-order valence-corrected chi connectivity index (χ4v) is 6.09. The number of benzene rings is 2. The second-order valence-electron chi connectivity index (χ2n) is 8.12. The fraction of sp³-hybridized carbons (Fsp3) is 0.381. The molecule has 2 aromatic carbocycles. The van der Waals surface area contributed by atoms with E-state index in [-0.39, 0.29) is 17.6 Å². The molecular weight excluding hydrogens is 329 g/mol. The summed E-state index contributed by atoms with van der Waals surface area (Å²) in [4.78, 5) is 0. The molecule has 2 bridgehead atoms. The number of aromatic nitrogens is 2. The van der Waals surface area contributed by atoms with Gasteiger partial charge in [-0.25, -0.2) is 4.39 Å². The van der Waals surface area contributed by atoms with E-state index in [1.807, 2.05) is 12.3 Å². The summed E-state index contributed by atoms with van der Waals surface area (Å²) in [5.41, 5.74) is 4.21. The Morgan fingerprint density at radius 2 is 2.00 bits per heavy atom. The van der Waals surface area contributed by atoms with Crippen LogP contribution in [0.15, 0.2) is 36.5 Å². The predicted octanol–water partition coefficient (Wildman–Crippen LogP) is 4.70. The normalized spacial score (nSPS) is 31.7. The monoisotopic (exact) mass is 349 g/mol. The maximum atomic E-state index is 14.7. The minimum atomic E-state index is -0.322. The Labute approximate surface area is 150 Å². The zero-order valence-corrected chi connectivity index (χ0v) is 14.2. The summed E-state index contributed by atoms with van der Waals surface area (Å²) < 4.78 is 14.7. The number of nitrogens with zero attached hydrogens (tertiary/aromatic N) is 1. The molecule has 2 aliphatic carbocycles. The zero-order chi connectivity index (χ0) is 17.4. The minimum Gasteiger partial charge on any atom is -0.508 e. The molecule has 3 N–H and O–H groups in total. The van der Waals surface area contributed by atoms with E-state index in [4.69, 9.17) is 0 Å². The molecule has 3 aliphatic rings. The molecule has 2 heterocycles. The van der Waals surface area contributed by atoms with Crippen molar-refractivity contribution in [3.63, 3.8) is 0 Å². The molecule has 0 spiro atoms. The third-order valence-electron chi connectivity index (χ3n) is 6.99. The van der Waals surface area contributed by atoms with Gasteiger partial charge in [-0.05, 0) is 66.7 Å². The highest BCUT2D eigenvalue weighted by Gasteiger charge is 2.54. The molecule has 1 aliphatic heterocycles. The van der Waals surface area contributed by atoms with Crippen LogP contribution in [0.2, 0.25) is 0 Å². The first-order valence-corrected chi connectivity index (χ1v) is 9.41. The van der Waals surface area contributed by atoms with Crippen molar-refractivity contribution in [2.45, 2.75) is 31.2 Å². The minimum absolute atomic E-state index is 0.0212. The van der Waals surface area contributed by atoms with Gasteiger partial charge in [-0.1, -0.05) is 6.07 Å². The molecule has 1 aromatic heterocycles. The van der Waals surface area contributed by atoms with Crippen LogP contribution in [0.1, 0.15) is 42.3 Å². The van der Waals surface area contributed by atoms with Crippen LogP contribution in [0.4, 0.5) is 10.1 Å². The van der Waals surface area contributed by atoms with Crippen LogP contribution in [0.3, 0.4) is 0 Å². The Kier molecular flexibility index (Phi) is 2.80. The number of anilines is 1. The van der Waals surface area contributed by atoms with Crippen LogP contribution >= 0.6 is 0 Å². The van der Waals surface area contributed by atoms with Gasteiger partial charge < -0.3 is 10.4 Å². The molecule has 0 saturated heterocycles. The summed E-state index contributed by atoms with van der Waals surface area (Å²) in [7, 11) is 0. The number of hydrogen-bond donors (Lipinski definition) is 3. The maximum Gasteiger partial charge on any atom is 0.132 e. The Hall–Kier alpha value is -2.56. The molecule has 6 rings (SSSR count). The van der Waals surface area contributed by atoms with Gasteiger partial charge in [-0.3, -0.25) is 5.10 Å². The number of fused-ring (bicyclic) bond motifs is 9. The van der Waals surface area contributed by atoms with Crippen LogP contribution in [-0.4, -0.2) is 15.3 Å². The second-order valence-corrected chi connectivity index (χ2v) is 8.12. The van der Waals surface area contributed by atoms with Gasteiger partial charge in [-0.15, -0.1) is 0 Å². The average molecular weight is 349 g/mol. The van der Waals surface area contributed by atoms with Crippen LogP contribution in [0.5, 0.6) is 5.75 Å². The van der Waals surface area contributed by atoms with Crippen molar-refractivity contribution < 1.29 is 9.50 Å². The molecular formula is C21H20FN3O. The zero-order valence-electron chi connectivity index (χ0n) is 14.2. The maximum absolute atomic E-state index is 14.7. The van der Waals surface area contributed by atoms with E-state index in [9.17, 15) is 9.50 Å². The van der Waals surface area contributed by atoms with Gasteiger partial charge in [0.1, 0.15) is 11.6 Å². The van der Waals surface area contributed by atoms with E-state index in [2.05, 4.69) is 21.6 Å². The van der Waals surface area contributed by atoms with Crippen molar-refractivity contribution >= 4 is 16.6 Å². The molecule has 4 nitrogen and oxygen atoms in total. The van der Waals surface area contributed by atoms with E-state index < -0.39 is 0 Å². The lowest BCUT2D eigenvalue weighted by Crippen LogP contribution is -2.36. The molecule has 26 heavy (non-hydrogen) atoms. The summed E-state index contributed by atoms with van der Waals surface area (Å²) in [6, 6.07) is 8.67. The predicted molar refractivity (Wildman–Crippen MR) is 97.6 cm³/mol. The number of hydrogen-bond acceptors (Lipinski definition) is 3. The number of phenolic OH excluding ortho intramolecular Hbond substituents is 1. The van der Waals surface area contributed by atoms with E-state index in [1.54, 1.807) is 12.1 Å². The van der Waals surface area contributed by atoms with Gasteiger partial charge in [0.25, 0.3) is 0 Å². The molecule has 0 radical (unpaired) electrons. The van der Waals surface area contributed by atoms with Gasteiger partial charge >= 0.3 is 0 Å². The van der Waals surface area contributed by atoms with Gasteiger partial charge in [0.15, 0.2) is 0 Å². The van der Waals surface area contributed by atoms with Crippen LogP contribution in [0.25, 0.3) is 10.9 Å². The van der Waals surface area contributed by atoms with Gasteiger partial charge in [0, 0.05) is 22.7 Å². The third-order valence-corrected chi connectivity index (χ3v) is 6.99. The summed E-state index contributed by atoms with van der Waals surface area (Å²) in [5, 5.41) is 21.8. The molecule has 0 amide bonds. The summed E-state index contributed by atoms with van der Waals surface area (Å²) in [5.74, 6) is 1.80. The lowest BCUT2D eigenvalue weighted by atomic mass is 9.67. The molecule has 2 unspecified atom stereocenters. The average Bonchev–Trinajstić information content (AvgIpc) is 3.36. The number of aromatic hydroxyl groups is 1. The van der Waals surface area contributed by atoms with Crippen molar-refractivity contribution in [3.05, 3.63) is 53.5 Å². The van der Waals surface area contributed by atoms with Crippen molar-refractivity contribution in [2.24, 2.45) is 17.8 Å². The van der Waals surface area contributed by atoms with Crippen LogP contribution < -0.4 is 5.32 Å². The van der Waals surface area contributed by atoms with Gasteiger partial charge in [-0.2, -0.15) is 5.10 Å². The molecule has 2 saturated carbocycles. The second kappa shape index (κ2) is 5.00. The van der Waals surface area contributed by atoms with Crippen molar-refractivity contribution in [2.75, 3.05) is 5.32 Å². The Morgan fingerprint density at radius 1 is 1.12 bits per heavy atom. The van der Waals surface area contributed by atoms with Crippen molar-refractivity contribution in [1.29, 1.82) is 0 Å². The summed E-state index contributed by atoms with van der Waals surface area (Å²) in [6.45, 7) is 0. The number of H-pyrrole nitrogens is 1. The van der Waals surface area contributed by atoms with E-state index >= 15 is 0 Å². The highest BCUT2D eigenvalue weighted by molar-refractivity contribution is 5.88. The molecule has 3 aromatic rings. The Morgan fingerprint density at radius 3 is 2.88 bits per heavy atom. The van der Waals surface area contributed by atoms with Crippen molar-refractivity contribution in [1.82, 2.24) is 10.2 Å². The number of phenols is 1. The smallest absolute Gasteiger partial charge is 0.132 e. The highest BCUT2D eigenvalue weighted by Crippen LogP contribution is 2.64. The van der Waals surface area contributed by atoms with E-state index in [1.165, 1.54) is 36.3 Å². The van der Waals surface area contributed by atoms with E-state index in [0.717, 1.165) is 11.2 Å².